The van der Waals surface area contributed by atoms with E-state index in [0.717, 1.165) is 11.3 Å². The number of nitrogens with zero attached hydrogens (tertiary/aromatic N) is 1. The zero-order valence-corrected chi connectivity index (χ0v) is 9.87. The Hall–Kier alpha value is -1.75. The van der Waals surface area contributed by atoms with E-state index in [2.05, 4.69) is 26.0 Å². The van der Waals surface area contributed by atoms with Crippen LogP contribution in [0.15, 0.2) is 22.6 Å². The Bertz CT molecular complexity index is 560. The SMILES string of the molecule is Cc1ccc2oc(C(C)CC#N)c(C)c2c1. The van der Waals surface area contributed by atoms with E-state index in [-0.39, 0.29) is 5.92 Å². The van der Waals surface area contributed by atoms with Crippen molar-refractivity contribution in [2.45, 2.75) is 33.1 Å². The van der Waals surface area contributed by atoms with Crippen LogP contribution in [0, 0.1) is 25.2 Å². The van der Waals surface area contributed by atoms with Crippen molar-refractivity contribution in [3.05, 3.63) is 35.1 Å². The van der Waals surface area contributed by atoms with Crippen LogP contribution in [0.25, 0.3) is 11.0 Å². The van der Waals surface area contributed by atoms with Gasteiger partial charge in [0.15, 0.2) is 0 Å². The van der Waals surface area contributed by atoms with Gasteiger partial charge in [0.05, 0.1) is 6.07 Å². The van der Waals surface area contributed by atoms with Crippen molar-refractivity contribution in [2.75, 3.05) is 0 Å². The quantitative estimate of drug-likeness (QED) is 0.754. The molecule has 1 aromatic carbocycles. The summed E-state index contributed by atoms with van der Waals surface area (Å²) in [6.07, 6.45) is 0.500. The van der Waals surface area contributed by atoms with Gasteiger partial charge in [-0.25, -0.2) is 0 Å². The number of aryl methyl sites for hydroxylation is 2. The summed E-state index contributed by atoms with van der Waals surface area (Å²) < 4.78 is 5.82. The van der Waals surface area contributed by atoms with Crippen LogP contribution < -0.4 is 0 Å². The second-order valence-electron chi connectivity index (χ2n) is 4.35. The molecule has 0 bridgehead atoms. The maximum atomic E-state index is 8.72. The number of fused-ring (bicyclic) bond motifs is 1. The molecule has 0 aliphatic rings. The number of hydrogen-bond acceptors (Lipinski definition) is 2. The fourth-order valence-corrected chi connectivity index (χ4v) is 2.05. The van der Waals surface area contributed by atoms with Crippen LogP contribution in [0.2, 0.25) is 0 Å². The standard InChI is InChI=1S/C14H15NO/c1-9-4-5-13-12(8-9)11(3)14(16-13)10(2)6-7-15/h4-5,8,10H,6H2,1-3H3. The molecule has 2 rings (SSSR count). The molecule has 1 aromatic heterocycles. The van der Waals surface area contributed by atoms with E-state index >= 15 is 0 Å². The molecule has 82 valence electrons. The van der Waals surface area contributed by atoms with E-state index in [1.54, 1.807) is 0 Å². The smallest absolute Gasteiger partial charge is 0.134 e. The van der Waals surface area contributed by atoms with E-state index in [1.165, 1.54) is 16.5 Å². The summed E-state index contributed by atoms with van der Waals surface area (Å²) in [4.78, 5) is 0. The van der Waals surface area contributed by atoms with Crippen molar-refractivity contribution in [1.82, 2.24) is 0 Å². The molecule has 2 nitrogen and oxygen atoms in total. The van der Waals surface area contributed by atoms with Gasteiger partial charge in [-0.2, -0.15) is 5.26 Å². The Balaban J connectivity index is 2.57. The topological polar surface area (TPSA) is 36.9 Å². The van der Waals surface area contributed by atoms with Gasteiger partial charge in [-0.05, 0) is 31.5 Å². The highest BCUT2D eigenvalue weighted by molar-refractivity contribution is 5.82. The van der Waals surface area contributed by atoms with Crippen LogP contribution in [0.5, 0.6) is 0 Å². The van der Waals surface area contributed by atoms with Crippen LogP contribution in [0.4, 0.5) is 0 Å². The second kappa shape index (κ2) is 4.02. The van der Waals surface area contributed by atoms with Gasteiger partial charge in [-0.3, -0.25) is 0 Å². The summed E-state index contributed by atoms with van der Waals surface area (Å²) in [6, 6.07) is 8.37. The molecule has 1 unspecified atom stereocenters. The van der Waals surface area contributed by atoms with Crippen molar-refractivity contribution in [3.8, 4) is 6.07 Å². The maximum Gasteiger partial charge on any atom is 0.134 e. The Morgan fingerprint density at radius 3 is 2.81 bits per heavy atom. The lowest BCUT2D eigenvalue weighted by molar-refractivity contribution is 0.505. The van der Waals surface area contributed by atoms with Crippen molar-refractivity contribution in [1.29, 1.82) is 5.26 Å². The monoisotopic (exact) mass is 213 g/mol. The molecule has 0 aliphatic heterocycles. The largest absolute Gasteiger partial charge is 0.460 e. The average molecular weight is 213 g/mol. The first-order valence-electron chi connectivity index (χ1n) is 5.50. The minimum absolute atomic E-state index is 0.165. The summed E-state index contributed by atoms with van der Waals surface area (Å²) in [5.41, 5.74) is 3.32. The lowest BCUT2D eigenvalue weighted by Gasteiger charge is -2.03. The predicted molar refractivity (Wildman–Crippen MR) is 64.3 cm³/mol. The Morgan fingerprint density at radius 2 is 2.12 bits per heavy atom. The summed E-state index contributed by atoms with van der Waals surface area (Å²) in [5.74, 6) is 1.11. The molecule has 1 atom stereocenters. The van der Waals surface area contributed by atoms with Gasteiger partial charge in [0.1, 0.15) is 11.3 Å². The minimum atomic E-state index is 0.165. The normalized spacial score (nSPS) is 12.6. The third-order valence-electron chi connectivity index (χ3n) is 2.97. The van der Waals surface area contributed by atoms with Crippen LogP contribution in [-0.4, -0.2) is 0 Å². The summed E-state index contributed by atoms with van der Waals surface area (Å²) in [6.45, 7) is 6.17. The number of benzene rings is 1. The third-order valence-corrected chi connectivity index (χ3v) is 2.97. The number of nitriles is 1. The minimum Gasteiger partial charge on any atom is -0.460 e. The zero-order valence-electron chi connectivity index (χ0n) is 9.87. The van der Waals surface area contributed by atoms with E-state index in [9.17, 15) is 0 Å². The van der Waals surface area contributed by atoms with Gasteiger partial charge >= 0.3 is 0 Å². The molecule has 0 saturated heterocycles. The van der Waals surface area contributed by atoms with E-state index in [1.807, 2.05) is 19.1 Å². The lowest BCUT2D eigenvalue weighted by atomic mass is 10.0. The summed E-state index contributed by atoms with van der Waals surface area (Å²) >= 11 is 0. The average Bonchev–Trinajstić information content (AvgIpc) is 2.57. The van der Waals surface area contributed by atoms with Gasteiger partial charge < -0.3 is 4.42 Å². The number of furan rings is 1. The van der Waals surface area contributed by atoms with Crippen LogP contribution in [0.3, 0.4) is 0 Å². The molecule has 2 aromatic rings. The lowest BCUT2D eigenvalue weighted by Crippen LogP contribution is -1.91. The predicted octanol–water partition coefficient (Wildman–Crippen LogP) is 4.07. The fraction of sp³-hybridized carbons (Fsp3) is 0.357. The van der Waals surface area contributed by atoms with Crippen LogP contribution in [0.1, 0.15) is 36.1 Å². The highest BCUT2D eigenvalue weighted by atomic mass is 16.3. The molecule has 0 spiro atoms. The van der Waals surface area contributed by atoms with Gasteiger partial charge in [-0.15, -0.1) is 0 Å². The Labute approximate surface area is 95.5 Å². The zero-order chi connectivity index (χ0) is 11.7. The Kier molecular flexibility index (Phi) is 2.70. The van der Waals surface area contributed by atoms with E-state index in [0.29, 0.717) is 6.42 Å². The Morgan fingerprint density at radius 1 is 1.38 bits per heavy atom. The molecular formula is C14H15NO. The summed E-state index contributed by atoms with van der Waals surface area (Å²) in [7, 11) is 0. The van der Waals surface area contributed by atoms with E-state index in [4.69, 9.17) is 9.68 Å². The first-order chi connectivity index (χ1) is 7.63. The van der Waals surface area contributed by atoms with Crippen molar-refractivity contribution >= 4 is 11.0 Å². The molecule has 1 heterocycles. The third kappa shape index (κ3) is 1.69. The van der Waals surface area contributed by atoms with E-state index < -0.39 is 0 Å². The molecule has 0 N–H and O–H groups in total. The number of hydrogen-bond donors (Lipinski definition) is 0. The van der Waals surface area contributed by atoms with Crippen molar-refractivity contribution in [3.63, 3.8) is 0 Å². The number of rotatable bonds is 2. The van der Waals surface area contributed by atoms with Gasteiger partial charge in [-0.1, -0.05) is 18.6 Å². The molecule has 0 fully saturated rings. The maximum absolute atomic E-state index is 8.72. The van der Waals surface area contributed by atoms with Crippen molar-refractivity contribution in [2.24, 2.45) is 0 Å². The fourth-order valence-electron chi connectivity index (χ4n) is 2.05. The highest BCUT2D eigenvalue weighted by Gasteiger charge is 2.16. The van der Waals surface area contributed by atoms with Gasteiger partial charge in [0.25, 0.3) is 0 Å². The van der Waals surface area contributed by atoms with Gasteiger partial charge in [0, 0.05) is 17.7 Å². The van der Waals surface area contributed by atoms with Gasteiger partial charge in [0.2, 0.25) is 0 Å². The first kappa shape index (κ1) is 10.8. The van der Waals surface area contributed by atoms with Crippen molar-refractivity contribution < 1.29 is 4.42 Å². The van der Waals surface area contributed by atoms with Crippen LogP contribution >= 0.6 is 0 Å². The molecule has 0 radical (unpaired) electrons. The molecule has 16 heavy (non-hydrogen) atoms. The molecular weight excluding hydrogens is 198 g/mol. The molecule has 0 aliphatic carbocycles. The van der Waals surface area contributed by atoms with Crippen LogP contribution in [-0.2, 0) is 0 Å². The molecule has 0 saturated carbocycles. The second-order valence-corrected chi connectivity index (χ2v) is 4.35. The summed E-state index contributed by atoms with van der Waals surface area (Å²) in [5, 5.41) is 9.88. The molecule has 0 amide bonds. The highest BCUT2D eigenvalue weighted by Crippen LogP contribution is 2.32. The first-order valence-corrected chi connectivity index (χ1v) is 5.50. The molecule has 2 heteroatoms.